The van der Waals surface area contributed by atoms with Gasteiger partial charge in [-0.3, -0.25) is 9.59 Å². The van der Waals surface area contributed by atoms with E-state index in [0.717, 1.165) is 5.56 Å². The van der Waals surface area contributed by atoms with E-state index in [1.165, 1.54) is 6.07 Å². The molecule has 0 aliphatic carbocycles. The fourth-order valence-electron chi connectivity index (χ4n) is 2.15. The van der Waals surface area contributed by atoms with Gasteiger partial charge in [-0.1, -0.05) is 41.4 Å². The number of ether oxygens (including phenoxy) is 1. The normalized spacial score (nSPS) is 11.6. The number of carbonyl (C=O) groups excluding carboxylic acids is 2. The van der Waals surface area contributed by atoms with E-state index < -0.39 is 5.91 Å². The van der Waals surface area contributed by atoms with Crippen molar-refractivity contribution in [1.29, 1.82) is 0 Å². The Hall–Kier alpha value is -2.24. The predicted molar refractivity (Wildman–Crippen MR) is 93.5 cm³/mol. The van der Waals surface area contributed by atoms with Crippen molar-refractivity contribution in [3.8, 4) is 5.75 Å². The van der Waals surface area contributed by atoms with Gasteiger partial charge in [-0.05, 0) is 36.8 Å². The van der Waals surface area contributed by atoms with Crippen molar-refractivity contribution in [2.24, 2.45) is 5.73 Å². The van der Waals surface area contributed by atoms with E-state index in [2.05, 4.69) is 5.32 Å². The molecule has 0 bridgehead atoms. The molecule has 2 aromatic carbocycles. The summed E-state index contributed by atoms with van der Waals surface area (Å²) in [6.07, 6.45) is 0. The standard InChI is InChI=1S/C17H16Cl2N2O3/c1-10(12-7-6-11(18)8-14(12)19)21-16(22)9-24-15-5-3-2-4-13(15)17(20)23/h2-8,10H,9H2,1H3,(H2,20,23)(H,21,22)/t10-/m1/s1. The number of para-hydroxylation sites is 1. The van der Waals surface area contributed by atoms with Gasteiger partial charge in [0.25, 0.3) is 11.8 Å². The smallest absolute Gasteiger partial charge is 0.258 e. The van der Waals surface area contributed by atoms with Crippen molar-refractivity contribution in [2.45, 2.75) is 13.0 Å². The first-order chi connectivity index (χ1) is 11.4. The SMILES string of the molecule is C[C@@H](NC(=O)COc1ccccc1C(N)=O)c1ccc(Cl)cc1Cl. The first kappa shape index (κ1) is 18.1. The molecule has 0 aliphatic heterocycles. The minimum absolute atomic E-state index is 0.221. The zero-order chi connectivity index (χ0) is 17.7. The molecule has 0 radical (unpaired) electrons. The van der Waals surface area contributed by atoms with Crippen molar-refractivity contribution >= 4 is 35.0 Å². The number of hydrogen-bond acceptors (Lipinski definition) is 3. The van der Waals surface area contributed by atoms with E-state index in [9.17, 15) is 9.59 Å². The molecule has 7 heteroatoms. The molecule has 0 saturated heterocycles. The predicted octanol–water partition coefficient (Wildman–Crippen LogP) is 3.35. The Morgan fingerprint density at radius 1 is 1.21 bits per heavy atom. The average molecular weight is 367 g/mol. The van der Waals surface area contributed by atoms with Crippen LogP contribution in [-0.4, -0.2) is 18.4 Å². The largest absolute Gasteiger partial charge is 0.483 e. The molecule has 0 unspecified atom stereocenters. The van der Waals surface area contributed by atoms with Crippen LogP contribution in [0.5, 0.6) is 5.75 Å². The third-order valence-corrected chi connectivity index (χ3v) is 3.88. The highest BCUT2D eigenvalue weighted by molar-refractivity contribution is 6.35. The van der Waals surface area contributed by atoms with E-state index in [1.807, 2.05) is 0 Å². The van der Waals surface area contributed by atoms with Crippen LogP contribution < -0.4 is 15.8 Å². The van der Waals surface area contributed by atoms with Crippen LogP contribution in [0.2, 0.25) is 10.0 Å². The Morgan fingerprint density at radius 2 is 1.92 bits per heavy atom. The number of halogens is 2. The summed E-state index contributed by atoms with van der Waals surface area (Å²) in [6, 6.07) is 11.2. The van der Waals surface area contributed by atoms with Crippen LogP contribution in [0.15, 0.2) is 42.5 Å². The summed E-state index contributed by atoms with van der Waals surface area (Å²) >= 11 is 12.0. The number of nitrogens with one attached hydrogen (secondary N) is 1. The summed E-state index contributed by atoms with van der Waals surface area (Å²) in [5, 5.41) is 3.76. The van der Waals surface area contributed by atoms with Gasteiger partial charge in [0.1, 0.15) is 5.75 Å². The molecule has 5 nitrogen and oxygen atoms in total. The van der Waals surface area contributed by atoms with Crippen LogP contribution in [0.3, 0.4) is 0 Å². The zero-order valence-electron chi connectivity index (χ0n) is 12.9. The van der Waals surface area contributed by atoms with Gasteiger partial charge < -0.3 is 15.8 Å². The summed E-state index contributed by atoms with van der Waals surface area (Å²) in [5.74, 6) is -0.711. The monoisotopic (exact) mass is 366 g/mol. The first-order valence-electron chi connectivity index (χ1n) is 7.14. The van der Waals surface area contributed by atoms with Crippen molar-refractivity contribution < 1.29 is 14.3 Å². The summed E-state index contributed by atoms with van der Waals surface area (Å²) in [5.41, 5.74) is 6.23. The van der Waals surface area contributed by atoms with Gasteiger partial charge in [-0.2, -0.15) is 0 Å². The van der Waals surface area contributed by atoms with E-state index in [-0.39, 0.29) is 29.9 Å². The molecular formula is C17H16Cl2N2O3. The molecule has 1 atom stereocenters. The average Bonchev–Trinajstić information content (AvgIpc) is 2.52. The van der Waals surface area contributed by atoms with Gasteiger partial charge in [-0.25, -0.2) is 0 Å². The number of rotatable bonds is 6. The number of hydrogen-bond donors (Lipinski definition) is 2. The van der Waals surface area contributed by atoms with Crippen molar-refractivity contribution in [3.63, 3.8) is 0 Å². The lowest BCUT2D eigenvalue weighted by molar-refractivity contribution is -0.123. The number of carbonyl (C=O) groups is 2. The van der Waals surface area contributed by atoms with Gasteiger partial charge >= 0.3 is 0 Å². The molecule has 3 N–H and O–H groups in total. The summed E-state index contributed by atoms with van der Waals surface area (Å²) in [4.78, 5) is 23.3. The molecule has 126 valence electrons. The second-order valence-corrected chi connectivity index (χ2v) is 5.95. The highest BCUT2D eigenvalue weighted by Crippen LogP contribution is 2.26. The third kappa shape index (κ3) is 4.63. The molecule has 0 spiro atoms. The zero-order valence-corrected chi connectivity index (χ0v) is 14.4. The van der Waals surface area contributed by atoms with Crippen molar-refractivity contribution in [3.05, 3.63) is 63.6 Å². The highest BCUT2D eigenvalue weighted by atomic mass is 35.5. The second kappa shape index (κ2) is 8.04. The molecule has 2 rings (SSSR count). The second-order valence-electron chi connectivity index (χ2n) is 5.10. The fourth-order valence-corrected chi connectivity index (χ4v) is 2.73. The van der Waals surface area contributed by atoms with Gasteiger partial charge in [0, 0.05) is 10.0 Å². The Bertz CT molecular complexity index is 765. The quantitative estimate of drug-likeness (QED) is 0.822. The maximum Gasteiger partial charge on any atom is 0.258 e. The van der Waals surface area contributed by atoms with Gasteiger partial charge in [0.15, 0.2) is 6.61 Å². The van der Waals surface area contributed by atoms with Crippen LogP contribution >= 0.6 is 23.2 Å². The molecule has 24 heavy (non-hydrogen) atoms. The van der Waals surface area contributed by atoms with Crippen molar-refractivity contribution in [2.75, 3.05) is 6.61 Å². The topological polar surface area (TPSA) is 81.4 Å². The first-order valence-corrected chi connectivity index (χ1v) is 7.90. The van der Waals surface area contributed by atoms with Crippen LogP contribution in [0.25, 0.3) is 0 Å². The maximum atomic E-state index is 12.0. The minimum atomic E-state index is -0.618. The fraction of sp³-hybridized carbons (Fsp3) is 0.176. The number of nitrogens with two attached hydrogens (primary N) is 1. The molecule has 2 aromatic rings. The molecule has 0 fully saturated rings. The Labute approximate surface area is 149 Å². The van der Waals surface area contributed by atoms with Gasteiger partial charge in [0.2, 0.25) is 0 Å². The van der Waals surface area contributed by atoms with E-state index >= 15 is 0 Å². The Kier molecular flexibility index (Phi) is 6.06. The highest BCUT2D eigenvalue weighted by Gasteiger charge is 2.15. The summed E-state index contributed by atoms with van der Waals surface area (Å²) in [6.45, 7) is 1.55. The number of primary amides is 1. The van der Waals surface area contributed by atoms with Crippen molar-refractivity contribution in [1.82, 2.24) is 5.32 Å². The lowest BCUT2D eigenvalue weighted by atomic mass is 10.1. The van der Waals surface area contributed by atoms with Crippen LogP contribution in [0, 0.1) is 0 Å². The number of benzene rings is 2. The molecule has 0 heterocycles. The van der Waals surface area contributed by atoms with Crippen LogP contribution in [-0.2, 0) is 4.79 Å². The maximum absolute atomic E-state index is 12.0. The number of amides is 2. The summed E-state index contributed by atoms with van der Waals surface area (Å²) < 4.78 is 5.38. The summed E-state index contributed by atoms with van der Waals surface area (Å²) in [7, 11) is 0. The molecule has 0 saturated carbocycles. The van der Waals surface area contributed by atoms with Crippen LogP contribution in [0.4, 0.5) is 0 Å². The van der Waals surface area contributed by atoms with E-state index in [1.54, 1.807) is 43.3 Å². The third-order valence-electron chi connectivity index (χ3n) is 3.32. The van der Waals surface area contributed by atoms with Crippen LogP contribution in [0.1, 0.15) is 28.9 Å². The Morgan fingerprint density at radius 3 is 2.58 bits per heavy atom. The van der Waals surface area contributed by atoms with E-state index in [4.69, 9.17) is 33.7 Å². The molecule has 2 amide bonds. The van der Waals surface area contributed by atoms with Gasteiger partial charge in [0.05, 0.1) is 11.6 Å². The molecule has 0 aromatic heterocycles. The lowest BCUT2D eigenvalue weighted by Gasteiger charge is -2.16. The molecular weight excluding hydrogens is 351 g/mol. The molecule has 0 aliphatic rings. The Balaban J connectivity index is 1.97. The van der Waals surface area contributed by atoms with E-state index in [0.29, 0.717) is 10.0 Å². The minimum Gasteiger partial charge on any atom is -0.483 e. The lowest BCUT2D eigenvalue weighted by Crippen LogP contribution is -2.31. The van der Waals surface area contributed by atoms with Gasteiger partial charge in [-0.15, -0.1) is 0 Å².